The Kier molecular flexibility index (Phi) is 7.03. The van der Waals surface area contributed by atoms with Crippen LogP contribution in [-0.2, 0) is 0 Å². The number of likely N-dealkylation sites (tertiary alicyclic amines) is 2. The van der Waals surface area contributed by atoms with Crippen molar-refractivity contribution in [2.45, 2.75) is 38.1 Å². The Bertz CT molecular complexity index is 813. The smallest absolute Gasteiger partial charge is 0.253 e. The van der Waals surface area contributed by atoms with E-state index in [1.165, 1.54) is 6.42 Å². The number of benzene rings is 2. The predicted octanol–water partition coefficient (Wildman–Crippen LogP) is 3.82. The summed E-state index contributed by atoms with van der Waals surface area (Å²) in [5, 5.41) is 9.39. The van der Waals surface area contributed by atoms with Gasteiger partial charge in [-0.1, -0.05) is 24.3 Å². The van der Waals surface area contributed by atoms with Crippen molar-refractivity contribution in [3.05, 3.63) is 54.1 Å². The van der Waals surface area contributed by atoms with E-state index >= 15 is 0 Å². The largest absolute Gasteiger partial charge is 0.494 e. The van der Waals surface area contributed by atoms with E-state index in [1.54, 1.807) is 0 Å². The highest BCUT2D eigenvalue weighted by Crippen LogP contribution is 2.24. The minimum atomic E-state index is 0.141. The van der Waals surface area contributed by atoms with Gasteiger partial charge in [0.15, 0.2) is 0 Å². The predicted molar refractivity (Wildman–Crippen MR) is 119 cm³/mol. The molecule has 2 aromatic rings. The van der Waals surface area contributed by atoms with Gasteiger partial charge in [0.1, 0.15) is 5.75 Å². The van der Waals surface area contributed by atoms with E-state index in [-0.39, 0.29) is 12.5 Å². The maximum absolute atomic E-state index is 12.5. The van der Waals surface area contributed by atoms with Crippen molar-refractivity contribution in [1.29, 1.82) is 0 Å². The quantitative estimate of drug-likeness (QED) is 0.675. The van der Waals surface area contributed by atoms with Crippen LogP contribution in [0.2, 0.25) is 0 Å². The van der Waals surface area contributed by atoms with Gasteiger partial charge in [-0.05, 0) is 74.0 Å². The summed E-state index contributed by atoms with van der Waals surface area (Å²) in [6.07, 6.45) is 5.47. The van der Waals surface area contributed by atoms with Gasteiger partial charge in [0.05, 0.1) is 13.2 Å². The molecule has 0 saturated carbocycles. The lowest BCUT2D eigenvalue weighted by Crippen LogP contribution is -2.33. The molecule has 2 fully saturated rings. The number of ether oxygens (including phenoxy) is 1. The van der Waals surface area contributed by atoms with E-state index in [1.807, 2.05) is 41.3 Å². The SMILES string of the molecule is O=C(c1ccc(-c2ccc(OCCCN3CCC[C@@H]3CO)cc2)cc1)N1CCCC1. The Balaban J connectivity index is 1.26. The molecule has 30 heavy (non-hydrogen) atoms. The van der Waals surface area contributed by atoms with E-state index in [2.05, 4.69) is 17.0 Å². The zero-order valence-corrected chi connectivity index (χ0v) is 17.6. The number of hydrogen-bond acceptors (Lipinski definition) is 4. The molecule has 1 N–H and O–H groups in total. The zero-order valence-electron chi connectivity index (χ0n) is 17.6. The molecule has 0 spiro atoms. The Labute approximate surface area is 179 Å². The fourth-order valence-electron chi connectivity index (χ4n) is 4.51. The lowest BCUT2D eigenvalue weighted by molar-refractivity contribution is 0.0793. The summed E-state index contributed by atoms with van der Waals surface area (Å²) in [7, 11) is 0. The maximum Gasteiger partial charge on any atom is 0.253 e. The van der Waals surface area contributed by atoms with Crippen LogP contribution in [0.3, 0.4) is 0 Å². The molecule has 0 aromatic heterocycles. The molecule has 2 aliphatic rings. The monoisotopic (exact) mass is 408 g/mol. The van der Waals surface area contributed by atoms with E-state index < -0.39 is 0 Å². The van der Waals surface area contributed by atoms with Crippen molar-refractivity contribution >= 4 is 5.91 Å². The summed E-state index contributed by atoms with van der Waals surface area (Å²) in [6.45, 7) is 4.76. The summed E-state index contributed by atoms with van der Waals surface area (Å²) in [5.41, 5.74) is 2.98. The summed E-state index contributed by atoms with van der Waals surface area (Å²) in [6, 6.07) is 16.4. The Morgan fingerprint density at radius 1 is 0.933 bits per heavy atom. The number of hydrogen-bond donors (Lipinski definition) is 1. The molecule has 4 rings (SSSR count). The fraction of sp³-hybridized carbons (Fsp3) is 0.480. The van der Waals surface area contributed by atoms with Crippen LogP contribution >= 0.6 is 0 Å². The van der Waals surface area contributed by atoms with E-state index in [0.717, 1.165) is 74.3 Å². The number of carbonyl (C=O) groups excluding carboxylic acids is 1. The van der Waals surface area contributed by atoms with Crippen LogP contribution in [0.25, 0.3) is 11.1 Å². The second kappa shape index (κ2) is 10.1. The van der Waals surface area contributed by atoms with Gasteiger partial charge in [-0.2, -0.15) is 0 Å². The van der Waals surface area contributed by atoms with E-state index in [9.17, 15) is 9.90 Å². The first-order chi connectivity index (χ1) is 14.7. The molecule has 2 saturated heterocycles. The highest BCUT2D eigenvalue weighted by Gasteiger charge is 2.22. The minimum absolute atomic E-state index is 0.141. The Morgan fingerprint density at radius 3 is 2.27 bits per heavy atom. The number of rotatable bonds is 8. The van der Waals surface area contributed by atoms with E-state index in [4.69, 9.17) is 4.74 Å². The Morgan fingerprint density at radius 2 is 1.60 bits per heavy atom. The molecular formula is C25H32N2O3. The molecule has 5 nitrogen and oxygen atoms in total. The van der Waals surface area contributed by atoms with Gasteiger partial charge in [0.2, 0.25) is 0 Å². The summed E-state index contributed by atoms with van der Waals surface area (Å²) in [5.74, 6) is 1.02. The molecular weight excluding hydrogens is 376 g/mol. The van der Waals surface area contributed by atoms with Crippen molar-refractivity contribution in [3.8, 4) is 16.9 Å². The first kappa shape index (κ1) is 20.9. The number of amides is 1. The third kappa shape index (κ3) is 5.02. The molecule has 2 aromatic carbocycles. The third-order valence-corrected chi connectivity index (χ3v) is 6.28. The van der Waals surface area contributed by atoms with E-state index in [0.29, 0.717) is 12.6 Å². The van der Waals surface area contributed by atoms with Gasteiger partial charge in [-0.25, -0.2) is 0 Å². The third-order valence-electron chi connectivity index (χ3n) is 6.28. The average molecular weight is 409 g/mol. The van der Waals surface area contributed by atoms with Crippen LogP contribution in [0.15, 0.2) is 48.5 Å². The number of nitrogens with zero attached hydrogens (tertiary/aromatic N) is 2. The minimum Gasteiger partial charge on any atom is -0.494 e. The van der Waals surface area contributed by atoms with Crippen molar-refractivity contribution in [3.63, 3.8) is 0 Å². The van der Waals surface area contributed by atoms with Crippen molar-refractivity contribution in [1.82, 2.24) is 9.80 Å². The van der Waals surface area contributed by atoms with Gasteiger partial charge < -0.3 is 14.7 Å². The van der Waals surface area contributed by atoms with Crippen LogP contribution in [0.4, 0.5) is 0 Å². The van der Waals surface area contributed by atoms with Crippen molar-refractivity contribution < 1.29 is 14.6 Å². The molecule has 1 atom stereocenters. The first-order valence-electron chi connectivity index (χ1n) is 11.2. The second-order valence-electron chi connectivity index (χ2n) is 8.32. The molecule has 160 valence electrons. The standard InChI is InChI=1S/C25H32N2O3/c28-19-23-5-3-16-26(23)17-4-18-30-24-12-10-21(11-13-24)20-6-8-22(9-7-20)25(29)27-14-1-2-15-27/h6-13,23,28H,1-5,14-19H2/t23-/m1/s1. The topological polar surface area (TPSA) is 53.0 Å². The van der Waals surface area contributed by atoms with Crippen LogP contribution in [0.1, 0.15) is 42.5 Å². The van der Waals surface area contributed by atoms with Gasteiger partial charge in [0.25, 0.3) is 5.91 Å². The number of aliphatic hydroxyl groups excluding tert-OH is 1. The molecule has 0 unspecified atom stereocenters. The highest BCUT2D eigenvalue weighted by atomic mass is 16.5. The highest BCUT2D eigenvalue weighted by molar-refractivity contribution is 5.94. The second-order valence-corrected chi connectivity index (χ2v) is 8.32. The molecule has 1 amide bonds. The van der Waals surface area contributed by atoms with Crippen LogP contribution in [-0.4, -0.2) is 66.2 Å². The first-order valence-corrected chi connectivity index (χ1v) is 11.2. The lowest BCUT2D eigenvalue weighted by Gasteiger charge is -2.22. The van der Waals surface area contributed by atoms with Gasteiger partial charge in [-0.15, -0.1) is 0 Å². The maximum atomic E-state index is 12.5. The lowest BCUT2D eigenvalue weighted by atomic mass is 10.0. The Hall–Kier alpha value is -2.37. The molecule has 0 radical (unpaired) electrons. The molecule has 2 heterocycles. The average Bonchev–Trinajstić information content (AvgIpc) is 3.49. The normalized spacial score (nSPS) is 19.4. The summed E-state index contributed by atoms with van der Waals surface area (Å²) in [4.78, 5) is 16.8. The zero-order chi connectivity index (χ0) is 20.8. The molecule has 5 heteroatoms. The number of carbonyl (C=O) groups is 1. The molecule has 2 aliphatic heterocycles. The number of aliphatic hydroxyl groups is 1. The van der Waals surface area contributed by atoms with Gasteiger partial charge in [-0.3, -0.25) is 9.69 Å². The fourth-order valence-corrected chi connectivity index (χ4v) is 4.51. The molecule has 0 aliphatic carbocycles. The van der Waals surface area contributed by atoms with Crippen LogP contribution in [0, 0.1) is 0 Å². The summed E-state index contributed by atoms with van der Waals surface area (Å²) >= 11 is 0. The summed E-state index contributed by atoms with van der Waals surface area (Å²) < 4.78 is 5.89. The molecule has 0 bridgehead atoms. The van der Waals surface area contributed by atoms with Crippen molar-refractivity contribution in [2.75, 3.05) is 39.4 Å². The van der Waals surface area contributed by atoms with Gasteiger partial charge >= 0.3 is 0 Å². The van der Waals surface area contributed by atoms with Crippen LogP contribution in [0.5, 0.6) is 5.75 Å². The van der Waals surface area contributed by atoms with Crippen molar-refractivity contribution in [2.24, 2.45) is 0 Å². The van der Waals surface area contributed by atoms with Gasteiger partial charge in [0, 0.05) is 31.2 Å². The van der Waals surface area contributed by atoms with Crippen LogP contribution < -0.4 is 4.74 Å².